The van der Waals surface area contributed by atoms with Gasteiger partial charge in [0.05, 0.1) is 23.6 Å². The molecule has 0 amide bonds. The van der Waals surface area contributed by atoms with Crippen molar-refractivity contribution in [2.24, 2.45) is 10.2 Å². The zero-order valence-corrected chi connectivity index (χ0v) is 16.9. The second-order valence-electron chi connectivity index (χ2n) is 6.25. The van der Waals surface area contributed by atoms with Gasteiger partial charge in [0.25, 0.3) is 0 Å². The smallest absolute Gasteiger partial charge is 0.195 e. The van der Waals surface area contributed by atoms with Crippen molar-refractivity contribution < 1.29 is 9.13 Å². The predicted molar refractivity (Wildman–Crippen MR) is 113 cm³/mol. The van der Waals surface area contributed by atoms with Gasteiger partial charge in [-0.05, 0) is 36.8 Å². The highest BCUT2D eigenvalue weighted by Gasteiger charge is 2.20. The number of aromatic nitrogens is 2. The van der Waals surface area contributed by atoms with Gasteiger partial charge < -0.3 is 4.74 Å². The molecule has 4 aromatic rings. The maximum absolute atomic E-state index is 13.0. The van der Waals surface area contributed by atoms with Gasteiger partial charge in [0, 0.05) is 5.56 Å². The van der Waals surface area contributed by atoms with E-state index in [1.54, 1.807) is 12.1 Å². The van der Waals surface area contributed by atoms with Gasteiger partial charge in [-0.3, -0.25) is 0 Å². The molecule has 148 valence electrons. The predicted octanol–water partition coefficient (Wildman–Crippen LogP) is 6.05. The Kier molecular flexibility index (Phi) is 5.72. The van der Waals surface area contributed by atoms with Crippen LogP contribution in [0.4, 0.5) is 10.2 Å². The van der Waals surface area contributed by atoms with E-state index in [0.717, 1.165) is 16.0 Å². The van der Waals surface area contributed by atoms with Gasteiger partial charge in [-0.1, -0.05) is 24.3 Å². The molecule has 0 fully saturated rings. The lowest BCUT2D eigenvalue weighted by Crippen LogP contribution is -1.93. The molecule has 0 atom stereocenters. The molecule has 2 aromatic heterocycles. The quantitative estimate of drug-likeness (QED) is 0.357. The number of halogens is 1. The normalized spacial score (nSPS) is 11.1. The number of azo groups is 1. The standard InChI is InChI=1S/C22H16FN5OS/c1-2-29-18-6-4-3-5-16(18)20-17(11-24)19-21(30-20)22(26-13-25-19)28-27-12-14-7-9-15(23)10-8-14/h3-10,13H,2,12H2,1H3. The SMILES string of the molecule is CCOc1ccccc1-c1sc2c(N=NCc3ccc(F)cc3)ncnc2c1C#N. The molecule has 0 bridgehead atoms. The van der Waals surface area contributed by atoms with Crippen molar-refractivity contribution in [2.45, 2.75) is 13.5 Å². The minimum absolute atomic E-state index is 0.294. The van der Waals surface area contributed by atoms with E-state index < -0.39 is 0 Å². The lowest BCUT2D eigenvalue weighted by Gasteiger charge is -2.08. The van der Waals surface area contributed by atoms with Crippen molar-refractivity contribution in [3.8, 4) is 22.3 Å². The summed E-state index contributed by atoms with van der Waals surface area (Å²) < 4.78 is 19.4. The first-order valence-electron chi connectivity index (χ1n) is 9.23. The first kappa shape index (κ1) is 19.6. The maximum Gasteiger partial charge on any atom is 0.195 e. The van der Waals surface area contributed by atoms with Crippen LogP contribution >= 0.6 is 11.3 Å². The summed E-state index contributed by atoms with van der Waals surface area (Å²) in [6.45, 7) is 2.73. The molecule has 0 spiro atoms. The minimum Gasteiger partial charge on any atom is -0.493 e. The molecule has 30 heavy (non-hydrogen) atoms. The number of fused-ring (bicyclic) bond motifs is 1. The number of nitriles is 1. The van der Waals surface area contributed by atoms with Crippen LogP contribution in [-0.4, -0.2) is 16.6 Å². The van der Waals surface area contributed by atoms with Crippen LogP contribution < -0.4 is 4.74 Å². The number of ether oxygens (including phenoxy) is 1. The molecule has 0 aliphatic carbocycles. The third kappa shape index (κ3) is 3.88. The molecule has 2 heterocycles. The fourth-order valence-electron chi connectivity index (χ4n) is 2.97. The van der Waals surface area contributed by atoms with Gasteiger partial charge in [0.1, 0.15) is 34.2 Å². The number of thiophene rings is 1. The Morgan fingerprint density at radius 3 is 2.70 bits per heavy atom. The van der Waals surface area contributed by atoms with Crippen LogP contribution in [0.25, 0.3) is 20.7 Å². The number of benzene rings is 2. The van der Waals surface area contributed by atoms with Gasteiger partial charge in [0.2, 0.25) is 0 Å². The van der Waals surface area contributed by atoms with Crippen molar-refractivity contribution in [3.05, 3.63) is 71.8 Å². The van der Waals surface area contributed by atoms with Gasteiger partial charge in [-0.25, -0.2) is 14.4 Å². The molecule has 0 N–H and O–H groups in total. The van der Waals surface area contributed by atoms with Crippen molar-refractivity contribution in [3.63, 3.8) is 0 Å². The highest BCUT2D eigenvalue weighted by atomic mass is 32.1. The van der Waals surface area contributed by atoms with Crippen LogP contribution in [0.1, 0.15) is 18.1 Å². The Balaban J connectivity index is 1.74. The first-order chi connectivity index (χ1) is 14.7. The molecule has 0 radical (unpaired) electrons. The summed E-state index contributed by atoms with van der Waals surface area (Å²) >= 11 is 1.39. The van der Waals surface area contributed by atoms with Gasteiger partial charge in [-0.15, -0.1) is 16.5 Å². The summed E-state index contributed by atoms with van der Waals surface area (Å²) in [4.78, 5) is 9.29. The topological polar surface area (TPSA) is 83.5 Å². The summed E-state index contributed by atoms with van der Waals surface area (Å²) in [6.07, 6.45) is 1.38. The van der Waals surface area contributed by atoms with E-state index >= 15 is 0 Å². The summed E-state index contributed by atoms with van der Waals surface area (Å²) in [5.41, 5.74) is 2.66. The molecule has 8 heteroatoms. The number of rotatable bonds is 6. The number of hydrogen-bond acceptors (Lipinski definition) is 7. The summed E-state index contributed by atoms with van der Waals surface area (Å²) in [6, 6.07) is 15.9. The highest BCUT2D eigenvalue weighted by Crippen LogP contribution is 2.43. The lowest BCUT2D eigenvalue weighted by molar-refractivity contribution is 0.341. The molecular formula is C22H16FN5OS. The first-order valence-corrected chi connectivity index (χ1v) is 10.0. The van der Waals surface area contributed by atoms with Gasteiger partial charge in [0.15, 0.2) is 5.82 Å². The summed E-state index contributed by atoms with van der Waals surface area (Å²) in [7, 11) is 0. The van der Waals surface area contributed by atoms with Crippen LogP contribution in [0.3, 0.4) is 0 Å². The second-order valence-corrected chi connectivity index (χ2v) is 7.27. The van der Waals surface area contributed by atoms with E-state index in [1.165, 1.54) is 29.8 Å². The van der Waals surface area contributed by atoms with Crippen molar-refractivity contribution in [2.75, 3.05) is 6.61 Å². The summed E-state index contributed by atoms with van der Waals surface area (Å²) in [5.74, 6) is 0.801. The number of para-hydroxylation sites is 1. The zero-order chi connectivity index (χ0) is 20.9. The van der Waals surface area contributed by atoms with E-state index in [0.29, 0.717) is 40.5 Å². The number of nitrogens with zero attached hydrogens (tertiary/aromatic N) is 5. The van der Waals surface area contributed by atoms with Crippen LogP contribution in [0.5, 0.6) is 5.75 Å². The largest absolute Gasteiger partial charge is 0.493 e. The lowest BCUT2D eigenvalue weighted by atomic mass is 10.1. The molecule has 0 unspecified atom stereocenters. The molecule has 0 aliphatic rings. The second kappa shape index (κ2) is 8.76. The van der Waals surface area contributed by atoms with E-state index in [9.17, 15) is 9.65 Å². The Labute approximate surface area is 176 Å². The summed E-state index contributed by atoms with van der Waals surface area (Å²) in [5, 5.41) is 18.2. The number of hydrogen-bond donors (Lipinski definition) is 0. The van der Waals surface area contributed by atoms with Gasteiger partial charge >= 0.3 is 0 Å². The van der Waals surface area contributed by atoms with Crippen LogP contribution in [0.2, 0.25) is 0 Å². The third-order valence-electron chi connectivity index (χ3n) is 4.33. The maximum atomic E-state index is 13.0. The van der Waals surface area contributed by atoms with Crippen molar-refractivity contribution >= 4 is 27.4 Å². The molecule has 6 nitrogen and oxygen atoms in total. The van der Waals surface area contributed by atoms with Crippen molar-refractivity contribution in [1.82, 2.24) is 9.97 Å². The van der Waals surface area contributed by atoms with Crippen molar-refractivity contribution in [1.29, 1.82) is 5.26 Å². The van der Waals surface area contributed by atoms with Crippen LogP contribution in [0, 0.1) is 17.1 Å². The fourth-order valence-corrected chi connectivity index (χ4v) is 4.13. The zero-order valence-electron chi connectivity index (χ0n) is 16.0. The van der Waals surface area contributed by atoms with E-state index in [1.807, 2.05) is 31.2 Å². The molecule has 0 aliphatic heterocycles. The Morgan fingerprint density at radius 1 is 1.13 bits per heavy atom. The Bertz CT molecular complexity index is 1260. The molecule has 0 saturated heterocycles. The van der Waals surface area contributed by atoms with Gasteiger partial charge in [-0.2, -0.15) is 10.4 Å². The van der Waals surface area contributed by atoms with E-state index in [-0.39, 0.29) is 5.82 Å². The monoisotopic (exact) mass is 417 g/mol. The third-order valence-corrected chi connectivity index (χ3v) is 5.54. The molecule has 0 saturated carbocycles. The van der Waals surface area contributed by atoms with E-state index in [4.69, 9.17) is 4.74 Å². The Hall–Kier alpha value is -3.70. The molecule has 2 aromatic carbocycles. The average Bonchev–Trinajstić information content (AvgIpc) is 3.15. The Morgan fingerprint density at radius 2 is 1.93 bits per heavy atom. The van der Waals surface area contributed by atoms with Crippen LogP contribution in [-0.2, 0) is 6.54 Å². The molecule has 4 rings (SSSR count). The van der Waals surface area contributed by atoms with E-state index in [2.05, 4.69) is 26.3 Å². The fraction of sp³-hybridized carbons (Fsp3) is 0.136. The average molecular weight is 417 g/mol. The minimum atomic E-state index is -0.296. The highest BCUT2D eigenvalue weighted by molar-refractivity contribution is 7.23. The van der Waals surface area contributed by atoms with Crippen LogP contribution in [0.15, 0.2) is 65.1 Å². The molecular weight excluding hydrogens is 401 g/mol.